The van der Waals surface area contributed by atoms with Gasteiger partial charge in [0.15, 0.2) is 0 Å². The van der Waals surface area contributed by atoms with Gasteiger partial charge in [-0.2, -0.15) is 0 Å². The molecule has 0 bridgehead atoms. The molecule has 0 heterocycles. The first-order valence-electron chi connectivity index (χ1n) is 10.7. The van der Waals surface area contributed by atoms with Crippen LogP contribution in [0.4, 0.5) is 0 Å². The van der Waals surface area contributed by atoms with Gasteiger partial charge in [0.25, 0.3) is 0 Å². The van der Waals surface area contributed by atoms with E-state index in [1.54, 1.807) is 0 Å². The van der Waals surface area contributed by atoms with E-state index in [0.717, 1.165) is 35.5 Å². The molecule has 4 rings (SSSR count). The molecule has 0 aromatic carbocycles. The lowest BCUT2D eigenvalue weighted by atomic mass is 9.49. The minimum atomic E-state index is 0.319. The second-order valence-electron chi connectivity index (χ2n) is 9.80. The second kappa shape index (κ2) is 6.71. The Bertz CT molecular complexity index is 488. The maximum Gasteiger partial charge on any atom is 0.147 e. The summed E-state index contributed by atoms with van der Waals surface area (Å²) in [7, 11) is 0. The summed E-state index contributed by atoms with van der Waals surface area (Å²) in [5.74, 6) is 6.69. The third kappa shape index (κ3) is 2.65. The number of rotatable bonds is 3. The van der Waals surface area contributed by atoms with E-state index >= 15 is 0 Å². The summed E-state index contributed by atoms with van der Waals surface area (Å²) in [6, 6.07) is 0. The van der Waals surface area contributed by atoms with Crippen LogP contribution in [0.25, 0.3) is 0 Å². The average Bonchev–Trinajstić information content (AvgIpc) is 2.97. The highest BCUT2D eigenvalue weighted by Crippen LogP contribution is 2.64. The molecule has 8 atom stereocenters. The Morgan fingerprint density at radius 2 is 1.79 bits per heavy atom. The van der Waals surface area contributed by atoms with Crippen molar-refractivity contribution in [2.24, 2.45) is 46.8 Å². The van der Waals surface area contributed by atoms with Crippen LogP contribution in [0.5, 0.6) is 0 Å². The lowest BCUT2D eigenvalue weighted by Gasteiger charge is -2.56. The topological polar surface area (TPSA) is 17.1 Å². The number of fused-ring (bicyclic) bond motifs is 5. The molecular weight excluding hydrogens is 360 g/mol. The van der Waals surface area contributed by atoms with Crippen molar-refractivity contribution >= 4 is 21.7 Å². The van der Waals surface area contributed by atoms with Gasteiger partial charge in [0, 0.05) is 5.92 Å². The number of alkyl halides is 1. The normalized spacial score (nSPS) is 50.7. The fraction of sp³-hybridized carbons (Fsp3) is 0.955. The minimum Gasteiger partial charge on any atom is -0.298 e. The Hall–Kier alpha value is 0.150. The van der Waals surface area contributed by atoms with Crippen LogP contribution in [0.3, 0.4) is 0 Å². The molecule has 0 radical (unpaired) electrons. The molecule has 4 fully saturated rings. The monoisotopic (exact) mass is 394 g/mol. The Balaban J connectivity index is 1.52. The Kier molecular flexibility index (Phi) is 4.91. The standard InChI is InChI=1S/C22H35BrO/c1-3-14-4-6-16-15(12-14)5-7-18-17(16)10-11-22(2)19(18)8-9-20(22)21(24)13-23/h14-20H,3-13H2,1-2H3/t14-,15+,16-,17?,18+,19?,20+,22-/m0/s1. The number of hydrogen-bond acceptors (Lipinski definition) is 1. The first-order chi connectivity index (χ1) is 11.6. The molecule has 4 aliphatic rings. The van der Waals surface area contributed by atoms with Crippen molar-refractivity contribution < 1.29 is 4.79 Å². The lowest BCUT2D eigenvalue weighted by Crippen LogP contribution is -2.49. The smallest absolute Gasteiger partial charge is 0.147 e. The van der Waals surface area contributed by atoms with Gasteiger partial charge < -0.3 is 0 Å². The van der Waals surface area contributed by atoms with Crippen molar-refractivity contribution in [2.45, 2.75) is 78.1 Å². The quantitative estimate of drug-likeness (QED) is 0.517. The van der Waals surface area contributed by atoms with Crippen molar-refractivity contribution in [3.05, 3.63) is 0 Å². The number of carbonyl (C=O) groups excluding carboxylic acids is 1. The van der Waals surface area contributed by atoms with Gasteiger partial charge in [-0.25, -0.2) is 0 Å². The fourth-order valence-electron chi connectivity index (χ4n) is 7.94. The van der Waals surface area contributed by atoms with Gasteiger partial charge in [-0.15, -0.1) is 0 Å². The molecule has 0 amide bonds. The van der Waals surface area contributed by atoms with E-state index in [1.165, 1.54) is 64.2 Å². The maximum absolute atomic E-state index is 12.5. The van der Waals surface area contributed by atoms with E-state index in [2.05, 4.69) is 29.8 Å². The number of carbonyl (C=O) groups is 1. The Labute approximate surface area is 156 Å². The largest absolute Gasteiger partial charge is 0.298 e. The number of hydrogen-bond donors (Lipinski definition) is 0. The van der Waals surface area contributed by atoms with Gasteiger partial charge in [-0.3, -0.25) is 4.79 Å². The van der Waals surface area contributed by atoms with Crippen LogP contribution in [-0.4, -0.2) is 11.1 Å². The van der Waals surface area contributed by atoms with Crippen LogP contribution >= 0.6 is 15.9 Å². The van der Waals surface area contributed by atoms with Crippen molar-refractivity contribution in [3.8, 4) is 0 Å². The van der Waals surface area contributed by atoms with E-state index in [-0.39, 0.29) is 0 Å². The number of ketones is 1. The summed E-state index contributed by atoms with van der Waals surface area (Å²) < 4.78 is 0. The van der Waals surface area contributed by atoms with Crippen LogP contribution in [0.15, 0.2) is 0 Å². The zero-order valence-corrected chi connectivity index (χ0v) is 17.2. The molecule has 136 valence electrons. The first kappa shape index (κ1) is 17.6. The van der Waals surface area contributed by atoms with Crippen LogP contribution in [0, 0.1) is 46.8 Å². The van der Waals surface area contributed by atoms with Crippen molar-refractivity contribution in [1.82, 2.24) is 0 Å². The maximum atomic E-state index is 12.5. The van der Waals surface area contributed by atoms with Crippen molar-refractivity contribution in [1.29, 1.82) is 0 Å². The molecule has 0 spiro atoms. The number of Topliss-reactive ketones (excluding diaryl/α,β-unsaturated/α-hetero) is 1. The van der Waals surface area contributed by atoms with E-state index in [1.807, 2.05) is 0 Å². The molecule has 0 aliphatic heterocycles. The zero-order valence-electron chi connectivity index (χ0n) is 15.6. The SMILES string of the molecule is CC[C@H]1CC[C@@H]2C3CC[C@@]4(C)C(CC[C@@H]4C(=O)CBr)[C@@H]3CC[C@@H]2C1. The zero-order chi connectivity index (χ0) is 16.9. The molecule has 0 aromatic rings. The Morgan fingerprint density at radius 3 is 2.54 bits per heavy atom. The highest BCUT2D eigenvalue weighted by atomic mass is 79.9. The van der Waals surface area contributed by atoms with Gasteiger partial charge in [0.2, 0.25) is 0 Å². The highest BCUT2D eigenvalue weighted by Gasteiger charge is 2.58. The van der Waals surface area contributed by atoms with Gasteiger partial charge in [-0.1, -0.05) is 42.6 Å². The molecule has 1 nitrogen and oxygen atoms in total. The Morgan fingerprint density at radius 1 is 1.00 bits per heavy atom. The van der Waals surface area contributed by atoms with Crippen LogP contribution in [0.2, 0.25) is 0 Å². The third-order valence-electron chi connectivity index (χ3n) is 9.16. The van der Waals surface area contributed by atoms with Crippen molar-refractivity contribution in [2.75, 3.05) is 5.33 Å². The molecule has 24 heavy (non-hydrogen) atoms. The van der Waals surface area contributed by atoms with Crippen LogP contribution in [-0.2, 0) is 4.79 Å². The van der Waals surface area contributed by atoms with Gasteiger partial charge in [0.1, 0.15) is 5.78 Å². The molecule has 0 saturated heterocycles. The molecule has 4 aliphatic carbocycles. The summed E-state index contributed by atoms with van der Waals surface area (Å²) in [5.41, 5.74) is 0.319. The van der Waals surface area contributed by atoms with E-state index in [9.17, 15) is 4.79 Å². The third-order valence-corrected chi connectivity index (χ3v) is 9.71. The van der Waals surface area contributed by atoms with Crippen molar-refractivity contribution in [3.63, 3.8) is 0 Å². The summed E-state index contributed by atoms with van der Waals surface area (Å²) in [4.78, 5) is 12.5. The molecule has 2 heteroatoms. The summed E-state index contributed by atoms with van der Waals surface area (Å²) in [5, 5.41) is 0.567. The fourth-order valence-corrected chi connectivity index (χ4v) is 8.33. The van der Waals surface area contributed by atoms with Crippen LogP contribution in [0.1, 0.15) is 78.1 Å². The predicted octanol–water partition coefficient (Wildman–Crippen LogP) is 6.25. The first-order valence-corrected chi connectivity index (χ1v) is 11.8. The molecule has 2 unspecified atom stereocenters. The minimum absolute atomic E-state index is 0.319. The van der Waals surface area contributed by atoms with Crippen LogP contribution < -0.4 is 0 Å². The van der Waals surface area contributed by atoms with Gasteiger partial charge in [-0.05, 0) is 92.3 Å². The van der Waals surface area contributed by atoms with E-state index in [0.29, 0.717) is 22.4 Å². The number of halogens is 1. The summed E-state index contributed by atoms with van der Waals surface area (Å²) in [6.07, 6.45) is 14.1. The molecule has 0 aromatic heterocycles. The van der Waals surface area contributed by atoms with Gasteiger partial charge >= 0.3 is 0 Å². The predicted molar refractivity (Wildman–Crippen MR) is 103 cm³/mol. The van der Waals surface area contributed by atoms with Gasteiger partial charge in [0.05, 0.1) is 5.33 Å². The average molecular weight is 395 g/mol. The molecule has 4 saturated carbocycles. The molecular formula is C22H35BrO. The molecule has 0 N–H and O–H groups in total. The summed E-state index contributed by atoms with van der Waals surface area (Å²) in [6.45, 7) is 4.87. The van der Waals surface area contributed by atoms with E-state index < -0.39 is 0 Å². The highest BCUT2D eigenvalue weighted by molar-refractivity contribution is 9.09. The van der Waals surface area contributed by atoms with E-state index in [4.69, 9.17) is 0 Å². The summed E-state index contributed by atoms with van der Waals surface area (Å²) >= 11 is 3.44. The lowest BCUT2D eigenvalue weighted by molar-refractivity contribution is -0.127. The second-order valence-corrected chi connectivity index (χ2v) is 10.4.